The first-order valence-electron chi connectivity index (χ1n) is 9.45. The van der Waals surface area contributed by atoms with Gasteiger partial charge in [-0.2, -0.15) is 0 Å². The summed E-state index contributed by atoms with van der Waals surface area (Å²) in [6.45, 7) is 0.576. The number of ketones is 1. The Morgan fingerprint density at radius 2 is 1.93 bits per heavy atom. The average molecular weight is 419 g/mol. The summed E-state index contributed by atoms with van der Waals surface area (Å²) in [5, 5.41) is 23.3. The van der Waals surface area contributed by atoms with Gasteiger partial charge >= 0.3 is 0 Å². The first kappa shape index (κ1) is 18.4. The number of aromatic hydroxyl groups is 1. The number of aliphatic hydroxyl groups is 1. The van der Waals surface area contributed by atoms with Gasteiger partial charge in [0.15, 0.2) is 0 Å². The van der Waals surface area contributed by atoms with Crippen LogP contribution in [0.1, 0.15) is 22.0 Å². The molecule has 0 spiro atoms. The van der Waals surface area contributed by atoms with Crippen LogP contribution in [0.5, 0.6) is 11.5 Å². The van der Waals surface area contributed by atoms with Crippen LogP contribution in [0.3, 0.4) is 0 Å². The molecule has 0 saturated carbocycles. The first-order valence-corrected chi connectivity index (χ1v) is 10.3. The lowest BCUT2D eigenvalue weighted by Gasteiger charge is -2.24. The smallest absolute Gasteiger partial charge is 0.300 e. The van der Waals surface area contributed by atoms with Crippen LogP contribution < -0.4 is 9.64 Å². The van der Waals surface area contributed by atoms with Crippen molar-refractivity contribution in [2.75, 3.05) is 11.5 Å². The summed E-state index contributed by atoms with van der Waals surface area (Å²) in [4.78, 5) is 28.0. The second-order valence-electron chi connectivity index (χ2n) is 7.09. The Morgan fingerprint density at radius 1 is 1.10 bits per heavy atom. The maximum Gasteiger partial charge on any atom is 0.300 e. The molecule has 1 aromatic heterocycles. The van der Waals surface area contributed by atoms with Gasteiger partial charge in [0.1, 0.15) is 23.3 Å². The molecular formula is C23H17NO5S. The van der Waals surface area contributed by atoms with Gasteiger partial charge in [-0.15, -0.1) is 11.3 Å². The van der Waals surface area contributed by atoms with Gasteiger partial charge in [-0.25, -0.2) is 0 Å². The number of nitrogens with zero attached hydrogens (tertiary/aromatic N) is 1. The van der Waals surface area contributed by atoms with E-state index in [4.69, 9.17) is 4.74 Å². The number of Topliss-reactive ketones (excluding diaryl/α,β-unsaturated/α-hetero) is 1. The molecular weight excluding hydrogens is 402 g/mol. The summed E-state index contributed by atoms with van der Waals surface area (Å²) in [6, 6.07) is 14.4. The van der Waals surface area contributed by atoms with E-state index in [1.165, 1.54) is 22.3 Å². The zero-order valence-corrected chi connectivity index (χ0v) is 16.6. The van der Waals surface area contributed by atoms with Crippen molar-refractivity contribution in [2.45, 2.75) is 12.5 Å². The van der Waals surface area contributed by atoms with Crippen molar-refractivity contribution >= 4 is 34.5 Å². The van der Waals surface area contributed by atoms with Crippen molar-refractivity contribution < 1.29 is 24.5 Å². The van der Waals surface area contributed by atoms with E-state index in [2.05, 4.69) is 0 Å². The largest absolute Gasteiger partial charge is 0.507 e. The number of rotatable bonds is 3. The molecule has 0 bridgehead atoms. The summed E-state index contributed by atoms with van der Waals surface area (Å²) in [5.41, 5.74) is 1.63. The molecule has 3 heterocycles. The summed E-state index contributed by atoms with van der Waals surface area (Å²) in [7, 11) is 0. The summed E-state index contributed by atoms with van der Waals surface area (Å²) < 4.78 is 5.51. The number of carbonyl (C=O) groups is 2. The zero-order chi connectivity index (χ0) is 20.8. The van der Waals surface area contributed by atoms with Crippen LogP contribution in [-0.2, 0) is 16.0 Å². The molecule has 5 rings (SSSR count). The highest BCUT2D eigenvalue weighted by Crippen LogP contribution is 2.46. The molecule has 30 heavy (non-hydrogen) atoms. The number of fused-ring (bicyclic) bond motifs is 1. The monoisotopic (exact) mass is 419 g/mol. The molecule has 3 aromatic rings. The van der Waals surface area contributed by atoms with Gasteiger partial charge in [0.2, 0.25) is 0 Å². The molecule has 0 radical (unpaired) electrons. The third-order valence-electron chi connectivity index (χ3n) is 5.36. The number of phenols is 1. The van der Waals surface area contributed by atoms with Crippen LogP contribution >= 0.6 is 11.3 Å². The van der Waals surface area contributed by atoms with E-state index in [1.54, 1.807) is 42.5 Å². The minimum atomic E-state index is -0.831. The van der Waals surface area contributed by atoms with E-state index in [0.717, 1.165) is 17.7 Å². The number of hydrogen-bond donors (Lipinski definition) is 2. The number of thiophene rings is 1. The first-order chi connectivity index (χ1) is 14.6. The van der Waals surface area contributed by atoms with E-state index in [0.29, 0.717) is 17.0 Å². The fraction of sp³-hybridized carbons (Fsp3) is 0.130. The van der Waals surface area contributed by atoms with Crippen molar-refractivity contribution in [1.29, 1.82) is 0 Å². The zero-order valence-electron chi connectivity index (χ0n) is 15.7. The maximum absolute atomic E-state index is 13.0. The van der Waals surface area contributed by atoms with Crippen molar-refractivity contribution in [3.63, 3.8) is 0 Å². The number of hydrogen-bond acceptors (Lipinski definition) is 6. The van der Waals surface area contributed by atoms with Crippen LogP contribution in [0.4, 0.5) is 5.69 Å². The van der Waals surface area contributed by atoms with Crippen LogP contribution in [0.2, 0.25) is 0 Å². The van der Waals surface area contributed by atoms with Gasteiger partial charge in [-0.3, -0.25) is 14.5 Å². The molecule has 1 amide bonds. The average Bonchev–Trinajstić information content (AvgIpc) is 3.48. The quantitative estimate of drug-likeness (QED) is 0.380. The van der Waals surface area contributed by atoms with Crippen molar-refractivity contribution in [3.8, 4) is 11.5 Å². The highest BCUT2D eigenvalue weighted by molar-refractivity contribution is 7.10. The van der Waals surface area contributed by atoms with E-state index in [1.807, 2.05) is 11.4 Å². The molecule has 1 atom stereocenters. The second-order valence-corrected chi connectivity index (χ2v) is 8.07. The molecule has 2 aromatic carbocycles. The number of aliphatic hydroxyl groups excluding tert-OH is 1. The number of amides is 1. The summed E-state index contributed by atoms with van der Waals surface area (Å²) in [5.74, 6) is -1.17. The lowest BCUT2D eigenvalue weighted by molar-refractivity contribution is -0.132. The standard InChI is InChI=1S/C23H17NO5S/c25-16-5-2-1-4-15(16)24-20(18-6-3-11-30-18)19(22(27)23(24)28)21(26)14-7-8-17-13(12-14)9-10-29-17/h1-8,11-12,20,25-26H,9-10H2/b21-19-. The van der Waals surface area contributed by atoms with Crippen LogP contribution in [0.15, 0.2) is 65.6 Å². The van der Waals surface area contributed by atoms with Gasteiger partial charge in [0.05, 0.1) is 17.9 Å². The minimum Gasteiger partial charge on any atom is -0.507 e. The summed E-state index contributed by atoms with van der Waals surface area (Å²) >= 11 is 1.37. The molecule has 1 unspecified atom stereocenters. The number of phenolic OH excluding ortho intramolecular Hbond substituents is 1. The second kappa shape index (κ2) is 7.03. The Bertz CT molecular complexity index is 1200. The van der Waals surface area contributed by atoms with Crippen LogP contribution in [-0.4, -0.2) is 28.5 Å². The lowest BCUT2D eigenvalue weighted by atomic mass is 9.98. The Morgan fingerprint density at radius 3 is 2.70 bits per heavy atom. The highest BCUT2D eigenvalue weighted by Gasteiger charge is 2.48. The van der Waals surface area contributed by atoms with E-state index < -0.39 is 17.7 Å². The topological polar surface area (TPSA) is 87.1 Å². The van der Waals surface area contributed by atoms with Gasteiger partial charge in [-0.05, 0) is 47.3 Å². The predicted molar refractivity (Wildman–Crippen MR) is 113 cm³/mol. The SMILES string of the molecule is O=C1C(=O)N(c2ccccc2O)C(c2cccs2)/C1=C(/O)c1ccc2c(c1)CCO2. The number of para-hydroxylation sites is 2. The van der Waals surface area contributed by atoms with E-state index >= 15 is 0 Å². The van der Waals surface area contributed by atoms with Gasteiger partial charge in [0, 0.05) is 16.9 Å². The number of ether oxygens (including phenoxy) is 1. The Labute approximate surface area is 176 Å². The summed E-state index contributed by atoms with van der Waals surface area (Å²) in [6.07, 6.45) is 0.719. The highest BCUT2D eigenvalue weighted by atomic mass is 32.1. The maximum atomic E-state index is 13.0. The predicted octanol–water partition coefficient (Wildman–Crippen LogP) is 4.01. The number of carbonyl (C=O) groups excluding carboxylic acids is 2. The normalized spacial score (nSPS) is 19.7. The van der Waals surface area contributed by atoms with Gasteiger partial charge in [0.25, 0.3) is 11.7 Å². The van der Waals surface area contributed by atoms with E-state index in [9.17, 15) is 19.8 Å². The molecule has 1 fully saturated rings. The van der Waals surface area contributed by atoms with Gasteiger partial charge in [-0.1, -0.05) is 18.2 Å². The molecule has 0 aliphatic carbocycles. The molecule has 1 saturated heterocycles. The molecule has 2 aliphatic rings. The molecule has 6 nitrogen and oxygen atoms in total. The minimum absolute atomic E-state index is 0.00423. The third-order valence-corrected chi connectivity index (χ3v) is 6.29. The molecule has 2 N–H and O–H groups in total. The van der Waals surface area contributed by atoms with E-state index in [-0.39, 0.29) is 22.8 Å². The van der Waals surface area contributed by atoms with Crippen molar-refractivity contribution in [3.05, 3.63) is 81.6 Å². The van der Waals surface area contributed by atoms with Gasteiger partial charge < -0.3 is 14.9 Å². The number of benzene rings is 2. The third kappa shape index (κ3) is 2.78. The Hall–Kier alpha value is -3.58. The fourth-order valence-electron chi connectivity index (χ4n) is 3.95. The van der Waals surface area contributed by atoms with Crippen LogP contribution in [0, 0.1) is 0 Å². The molecule has 150 valence electrons. The molecule has 7 heteroatoms. The van der Waals surface area contributed by atoms with Crippen molar-refractivity contribution in [2.24, 2.45) is 0 Å². The fourth-order valence-corrected chi connectivity index (χ4v) is 4.78. The van der Waals surface area contributed by atoms with Crippen molar-refractivity contribution in [1.82, 2.24) is 0 Å². The van der Waals surface area contributed by atoms with Crippen LogP contribution in [0.25, 0.3) is 5.76 Å². The Kier molecular flexibility index (Phi) is 4.33. The lowest BCUT2D eigenvalue weighted by Crippen LogP contribution is -2.29. The Balaban J connectivity index is 1.70. The molecule has 2 aliphatic heterocycles. The number of anilines is 1.